The van der Waals surface area contributed by atoms with Crippen LogP contribution in [0.25, 0.3) is 0 Å². The summed E-state index contributed by atoms with van der Waals surface area (Å²) >= 11 is 0. The predicted molar refractivity (Wildman–Crippen MR) is 153 cm³/mol. The molecule has 2 aliphatic carbocycles. The first kappa shape index (κ1) is 29.7. The number of ether oxygens (including phenoxy) is 2. The lowest BCUT2D eigenvalue weighted by atomic mass is 9.86. The molecule has 2 unspecified atom stereocenters. The van der Waals surface area contributed by atoms with Crippen LogP contribution in [-0.2, 0) is 16.0 Å². The van der Waals surface area contributed by atoms with E-state index in [2.05, 4.69) is 59.0 Å². The summed E-state index contributed by atoms with van der Waals surface area (Å²) in [6.45, 7) is 20.4. The number of likely N-dealkylation sites (tertiary alicyclic amines) is 1. The van der Waals surface area contributed by atoms with E-state index in [0.717, 1.165) is 32.7 Å². The molecule has 218 valence electrons. The monoisotopic (exact) mass is 542 g/mol. The van der Waals surface area contributed by atoms with Crippen LogP contribution < -0.4 is 16.0 Å². The number of carbonyl (C=O) groups is 2. The van der Waals surface area contributed by atoms with E-state index in [1.807, 2.05) is 47.6 Å². The van der Waals surface area contributed by atoms with Gasteiger partial charge in [-0.3, -0.25) is 4.90 Å². The van der Waals surface area contributed by atoms with Crippen LogP contribution in [-0.4, -0.2) is 65.5 Å². The fourth-order valence-electron chi connectivity index (χ4n) is 6.31. The van der Waals surface area contributed by atoms with Gasteiger partial charge in [0.05, 0.1) is 11.1 Å². The highest BCUT2D eigenvalue weighted by atomic mass is 16.6. The lowest BCUT2D eigenvalue weighted by molar-refractivity contribution is 0.0426. The molecule has 2 aliphatic heterocycles. The number of nitrogens with zero attached hydrogens (tertiary/aromatic N) is 1. The second-order valence-electron chi connectivity index (χ2n) is 14.7. The molecule has 8 heteroatoms. The molecule has 2 saturated carbocycles. The molecule has 0 aromatic heterocycles. The van der Waals surface area contributed by atoms with E-state index in [-0.39, 0.29) is 34.1 Å². The van der Waals surface area contributed by atoms with Gasteiger partial charge in [0.1, 0.15) is 11.2 Å². The fourth-order valence-corrected chi connectivity index (χ4v) is 6.31. The van der Waals surface area contributed by atoms with E-state index in [1.165, 1.54) is 31.2 Å². The summed E-state index contributed by atoms with van der Waals surface area (Å²) in [6, 6.07) is 10.5. The molecular weight excluding hydrogens is 492 g/mol. The topological polar surface area (TPSA) is 91.9 Å². The third-order valence-corrected chi connectivity index (χ3v) is 8.86. The van der Waals surface area contributed by atoms with Crippen LogP contribution in [0.5, 0.6) is 0 Å². The highest BCUT2D eigenvalue weighted by Gasteiger charge is 2.63. The predicted octanol–water partition coefficient (Wildman–Crippen LogP) is 5.22. The SMILES string of the molecule is CC(C)(C)OC(=O)NC1(C)CN(Cc2ccccc2)CC12CC2.CC(C)(C)OC(=O)NC1(C)CNCC12CC2. The van der Waals surface area contributed by atoms with Crippen molar-refractivity contribution in [1.29, 1.82) is 0 Å². The largest absolute Gasteiger partial charge is 0.444 e. The Balaban J connectivity index is 0.000000193. The minimum absolute atomic E-state index is 0.144. The molecule has 3 N–H and O–H groups in total. The minimum Gasteiger partial charge on any atom is -0.444 e. The van der Waals surface area contributed by atoms with Crippen molar-refractivity contribution in [3.63, 3.8) is 0 Å². The van der Waals surface area contributed by atoms with Gasteiger partial charge in [0.25, 0.3) is 0 Å². The molecule has 39 heavy (non-hydrogen) atoms. The average molecular weight is 543 g/mol. The van der Waals surface area contributed by atoms with Gasteiger partial charge in [-0.2, -0.15) is 0 Å². The van der Waals surface area contributed by atoms with Gasteiger partial charge in [0.2, 0.25) is 0 Å². The van der Waals surface area contributed by atoms with Gasteiger partial charge >= 0.3 is 12.2 Å². The van der Waals surface area contributed by atoms with Gasteiger partial charge in [-0.1, -0.05) is 30.3 Å². The number of benzene rings is 1. The summed E-state index contributed by atoms with van der Waals surface area (Å²) < 4.78 is 10.8. The van der Waals surface area contributed by atoms with Crippen molar-refractivity contribution >= 4 is 12.2 Å². The molecule has 2 heterocycles. The number of rotatable bonds is 4. The second kappa shape index (κ2) is 10.3. The maximum atomic E-state index is 12.2. The minimum atomic E-state index is -0.459. The normalized spacial score (nSPS) is 28.4. The summed E-state index contributed by atoms with van der Waals surface area (Å²) in [6.07, 6.45) is 4.17. The van der Waals surface area contributed by atoms with Crippen LogP contribution >= 0.6 is 0 Å². The molecule has 1 aromatic carbocycles. The Labute approximate surface area is 234 Å². The lowest BCUT2D eigenvalue weighted by Crippen LogP contribution is -2.54. The molecule has 2 spiro atoms. The molecular formula is C31H50N4O4. The first-order valence-electron chi connectivity index (χ1n) is 14.5. The number of nitrogens with one attached hydrogen (secondary N) is 3. The number of carbonyl (C=O) groups excluding carboxylic acids is 2. The first-order chi connectivity index (χ1) is 18.0. The Bertz CT molecular complexity index is 1040. The van der Waals surface area contributed by atoms with Crippen LogP contribution in [0.1, 0.15) is 86.6 Å². The maximum absolute atomic E-state index is 12.2. The average Bonchev–Trinajstić information content (AvgIpc) is 3.66. The van der Waals surface area contributed by atoms with Crippen molar-refractivity contribution in [2.45, 2.75) is 110 Å². The molecule has 2 saturated heterocycles. The molecule has 4 fully saturated rings. The number of alkyl carbamates (subject to hydrolysis) is 2. The van der Waals surface area contributed by atoms with Gasteiger partial charge in [0.15, 0.2) is 0 Å². The zero-order valence-electron chi connectivity index (χ0n) is 25.3. The molecule has 8 nitrogen and oxygen atoms in total. The smallest absolute Gasteiger partial charge is 0.408 e. The highest BCUT2D eigenvalue weighted by Crippen LogP contribution is 2.58. The highest BCUT2D eigenvalue weighted by molar-refractivity contribution is 5.70. The van der Waals surface area contributed by atoms with Crippen LogP contribution in [0.2, 0.25) is 0 Å². The molecule has 5 rings (SSSR count). The Kier molecular flexibility index (Phi) is 7.80. The second-order valence-corrected chi connectivity index (χ2v) is 14.7. The third-order valence-electron chi connectivity index (χ3n) is 8.86. The van der Waals surface area contributed by atoms with Gasteiger partial charge in [-0.05, 0) is 86.6 Å². The number of amides is 2. The Morgan fingerprint density at radius 2 is 1.31 bits per heavy atom. The standard InChI is InChI=1S/C19H28N2O2.C12H22N2O2/c1-17(2,3)23-16(22)20-18(4)13-21(14-19(18)10-11-19)12-15-8-6-5-7-9-15;1-10(2,3)16-9(15)14-11(4)7-13-8-12(11)5-6-12/h5-9H,10-14H2,1-4H3,(H,20,22);13H,5-8H2,1-4H3,(H,14,15). The zero-order valence-corrected chi connectivity index (χ0v) is 25.3. The van der Waals surface area contributed by atoms with Gasteiger partial charge in [0, 0.05) is 43.6 Å². The van der Waals surface area contributed by atoms with Crippen molar-refractivity contribution < 1.29 is 19.1 Å². The Hall–Kier alpha value is -2.32. The van der Waals surface area contributed by atoms with E-state index in [9.17, 15) is 9.59 Å². The van der Waals surface area contributed by atoms with Crippen molar-refractivity contribution in [1.82, 2.24) is 20.9 Å². The summed E-state index contributed by atoms with van der Waals surface area (Å²) in [5.41, 5.74) is 0.592. The maximum Gasteiger partial charge on any atom is 0.408 e. The summed E-state index contributed by atoms with van der Waals surface area (Å²) in [7, 11) is 0. The molecule has 2 amide bonds. The number of hydrogen-bond acceptors (Lipinski definition) is 6. The van der Waals surface area contributed by atoms with Crippen LogP contribution in [0.4, 0.5) is 9.59 Å². The summed E-state index contributed by atoms with van der Waals surface area (Å²) in [5.74, 6) is 0. The quantitative estimate of drug-likeness (QED) is 0.483. The van der Waals surface area contributed by atoms with E-state index in [4.69, 9.17) is 9.47 Å². The number of hydrogen-bond donors (Lipinski definition) is 3. The van der Waals surface area contributed by atoms with E-state index < -0.39 is 11.2 Å². The lowest BCUT2D eigenvalue weighted by Gasteiger charge is -2.33. The van der Waals surface area contributed by atoms with Gasteiger partial charge < -0.3 is 25.4 Å². The van der Waals surface area contributed by atoms with Crippen molar-refractivity contribution in [2.24, 2.45) is 10.8 Å². The van der Waals surface area contributed by atoms with E-state index in [0.29, 0.717) is 0 Å². The zero-order chi connectivity index (χ0) is 28.7. The molecule has 0 bridgehead atoms. The van der Waals surface area contributed by atoms with Crippen molar-refractivity contribution in [3.8, 4) is 0 Å². The first-order valence-corrected chi connectivity index (χ1v) is 14.5. The fraction of sp³-hybridized carbons (Fsp3) is 0.742. The molecule has 1 aromatic rings. The summed E-state index contributed by atoms with van der Waals surface area (Å²) in [5, 5.41) is 9.58. The summed E-state index contributed by atoms with van der Waals surface area (Å²) in [4.78, 5) is 26.5. The van der Waals surface area contributed by atoms with Crippen molar-refractivity contribution in [3.05, 3.63) is 35.9 Å². The van der Waals surface area contributed by atoms with Crippen molar-refractivity contribution in [2.75, 3.05) is 26.2 Å². The van der Waals surface area contributed by atoms with Gasteiger partial charge in [-0.15, -0.1) is 0 Å². The van der Waals surface area contributed by atoms with Crippen LogP contribution in [0, 0.1) is 10.8 Å². The van der Waals surface area contributed by atoms with E-state index in [1.54, 1.807) is 0 Å². The van der Waals surface area contributed by atoms with E-state index >= 15 is 0 Å². The molecule has 4 aliphatic rings. The molecule has 2 atom stereocenters. The third kappa shape index (κ3) is 7.07. The Morgan fingerprint density at radius 3 is 1.79 bits per heavy atom. The van der Waals surface area contributed by atoms with Crippen LogP contribution in [0.3, 0.4) is 0 Å². The van der Waals surface area contributed by atoms with Gasteiger partial charge in [-0.25, -0.2) is 9.59 Å². The van der Waals surface area contributed by atoms with Crippen LogP contribution in [0.15, 0.2) is 30.3 Å². The molecule has 0 radical (unpaired) electrons. The Morgan fingerprint density at radius 1 is 0.795 bits per heavy atom.